The molecule has 5 aromatic carbocycles. The second-order valence-corrected chi connectivity index (χ2v) is 9.81. The molecule has 0 aromatic heterocycles. The highest BCUT2D eigenvalue weighted by Gasteiger charge is 2.28. The third kappa shape index (κ3) is 5.10. The lowest BCUT2D eigenvalue weighted by Crippen LogP contribution is -2.16. The van der Waals surface area contributed by atoms with Crippen molar-refractivity contribution in [1.29, 1.82) is 0 Å². The lowest BCUT2D eigenvalue weighted by atomic mass is 9.80. The molecule has 0 fully saturated rings. The average molecular weight is 528 g/mol. The summed E-state index contributed by atoms with van der Waals surface area (Å²) >= 11 is 18.5. The predicted octanol–water partition coefficient (Wildman–Crippen LogP) is 10.00. The van der Waals surface area contributed by atoms with E-state index in [0.29, 0.717) is 20.6 Å². The van der Waals surface area contributed by atoms with E-state index in [4.69, 9.17) is 34.8 Å². The number of rotatable bonds is 6. The molecule has 176 valence electrons. The number of Topliss-reactive ketones (excluding diaryl/α,β-unsaturated/α-hetero) is 1. The van der Waals surface area contributed by atoms with Crippen LogP contribution in [0.5, 0.6) is 0 Å². The summed E-state index contributed by atoms with van der Waals surface area (Å²) in [6.45, 7) is 0. The number of ketones is 1. The Kier molecular flexibility index (Phi) is 7.25. The fraction of sp³-hybridized carbons (Fsp3) is 0.0312. The molecule has 0 aliphatic rings. The third-order valence-corrected chi connectivity index (χ3v) is 6.98. The van der Waals surface area contributed by atoms with Crippen LogP contribution in [0.25, 0.3) is 22.3 Å². The van der Waals surface area contributed by atoms with Crippen LogP contribution in [0.1, 0.15) is 27.4 Å². The van der Waals surface area contributed by atoms with Gasteiger partial charge in [-0.2, -0.15) is 0 Å². The minimum Gasteiger partial charge on any atom is -0.293 e. The molecule has 0 bridgehead atoms. The molecule has 0 heterocycles. The first kappa shape index (κ1) is 24.3. The number of hydrogen-bond acceptors (Lipinski definition) is 1. The van der Waals surface area contributed by atoms with Gasteiger partial charge in [0.05, 0.1) is 5.92 Å². The largest absolute Gasteiger partial charge is 0.293 e. The van der Waals surface area contributed by atoms with Crippen molar-refractivity contribution in [3.05, 3.63) is 153 Å². The van der Waals surface area contributed by atoms with Crippen LogP contribution in [0, 0.1) is 0 Å². The van der Waals surface area contributed by atoms with E-state index in [1.54, 1.807) is 0 Å². The standard InChI is InChI=1S/C32H21Cl3O/c33-25-15-9-21(10-16-25)28-7-4-8-29(22-11-17-26(34)18-12-22)31(28)32(36)30(23-5-2-1-3-6-23)24-13-19-27(35)20-14-24/h1-20,30H. The number of carbonyl (C=O) groups excluding carboxylic acids is 1. The molecule has 4 heteroatoms. The Hall–Kier alpha value is -3.36. The Morgan fingerprint density at radius 1 is 0.472 bits per heavy atom. The smallest absolute Gasteiger partial charge is 0.175 e. The quantitative estimate of drug-likeness (QED) is 0.201. The molecular weight excluding hydrogens is 507 g/mol. The van der Waals surface area contributed by atoms with E-state index >= 15 is 0 Å². The molecule has 0 aliphatic heterocycles. The number of benzene rings is 5. The normalized spacial score (nSPS) is 11.8. The predicted molar refractivity (Wildman–Crippen MR) is 151 cm³/mol. The van der Waals surface area contributed by atoms with Gasteiger partial charge in [0.15, 0.2) is 5.78 Å². The van der Waals surface area contributed by atoms with Crippen LogP contribution in [0.15, 0.2) is 121 Å². The topological polar surface area (TPSA) is 17.1 Å². The van der Waals surface area contributed by atoms with Crippen molar-refractivity contribution in [2.24, 2.45) is 0 Å². The molecule has 0 N–H and O–H groups in total. The SMILES string of the molecule is O=C(c1c(-c2ccc(Cl)cc2)cccc1-c1ccc(Cl)cc1)C(c1ccccc1)c1ccc(Cl)cc1. The van der Waals surface area contributed by atoms with Gasteiger partial charge in [-0.05, 0) is 69.8 Å². The van der Waals surface area contributed by atoms with E-state index in [2.05, 4.69) is 0 Å². The monoisotopic (exact) mass is 526 g/mol. The van der Waals surface area contributed by atoms with Crippen molar-refractivity contribution < 1.29 is 4.79 Å². The first-order valence-corrected chi connectivity index (χ1v) is 12.6. The van der Waals surface area contributed by atoms with Gasteiger partial charge in [0.2, 0.25) is 0 Å². The van der Waals surface area contributed by atoms with E-state index in [1.165, 1.54) is 0 Å². The first-order valence-electron chi connectivity index (χ1n) is 11.5. The van der Waals surface area contributed by atoms with Crippen molar-refractivity contribution >= 4 is 40.6 Å². The first-order chi connectivity index (χ1) is 17.5. The van der Waals surface area contributed by atoms with Gasteiger partial charge in [0, 0.05) is 20.6 Å². The molecule has 0 radical (unpaired) electrons. The van der Waals surface area contributed by atoms with Crippen molar-refractivity contribution in [2.45, 2.75) is 5.92 Å². The highest BCUT2D eigenvalue weighted by molar-refractivity contribution is 6.31. The fourth-order valence-corrected chi connectivity index (χ4v) is 4.88. The summed E-state index contributed by atoms with van der Waals surface area (Å²) in [5.74, 6) is -0.512. The van der Waals surface area contributed by atoms with Gasteiger partial charge in [-0.3, -0.25) is 4.79 Å². The Bertz CT molecular complexity index is 1430. The van der Waals surface area contributed by atoms with Crippen molar-refractivity contribution in [3.63, 3.8) is 0 Å². The zero-order valence-electron chi connectivity index (χ0n) is 19.2. The summed E-state index contributed by atoms with van der Waals surface area (Å²) in [6, 6.07) is 38.4. The Morgan fingerprint density at radius 2 is 0.889 bits per heavy atom. The third-order valence-electron chi connectivity index (χ3n) is 6.22. The second kappa shape index (κ2) is 10.7. The van der Waals surface area contributed by atoms with Gasteiger partial charge >= 0.3 is 0 Å². The van der Waals surface area contributed by atoms with Gasteiger partial charge in [0.1, 0.15) is 0 Å². The van der Waals surface area contributed by atoms with Gasteiger partial charge in [-0.25, -0.2) is 0 Å². The molecule has 1 unspecified atom stereocenters. The van der Waals surface area contributed by atoms with Crippen LogP contribution in [0.2, 0.25) is 15.1 Å². The molecule has 36 heavy (non-hydrogen) atoms. The Balaban J connectivity index is 1.76. The molecule has 0 aliphatic carbocycles. The maximum absolute atomic E-state index is 14.7. The molecule has 1 nitrogen and oxygen atoms in total. The van der Waals surface area contributed by atoms with Crippen molar-refractivity contribution in [1.82, 2.24) is 0 Å². The summed E-state index contributed by atoms with van der Waals surface area (Å²) in [7, 11) is 0. The van der Waals surface area contributed by atoms with Crippen LogP contribution < -0.4 is 0 Å². The van der Waals surface area contributed by atoms with Gasteiger partial charge in [-0.1, -0.05) is 120 Å². The highest BCUT2D eigenvalue weighted by atomic mass is 35.5. The number of halogens is 3. The molecule has 0 spiro atoms. The highest BCUT2D eigenvalue weighted by Crippen LogP contribution is 2.39. The van der Waals surface area contributed by atoms with E-state index in [-0.39, 0.29) is 5.78 Å². The minimum atomic E-state index is -0.511. The van der Waals surface area contributed by atoms with Crippen LogP contribution in [-0.2, 0) is 0 Å². The van der Waals surface area contributed by atoms with Crippen LogP contribution >= 0.6 is 34.8 Å². The maximum Gasteiger partial charge on any atom is 0.175 e. The van der Waals surface area contributed by atoms with Crippen molar-refractivity contribution in [2.75, 3.05) is 0 Å². The van der Waals surface area contributed by atoms with E-state index in [1.807, 2.05) is 121 Å². The lowest BCUT2D eigenvalue weighted by Gasteiger charge is -2.22. The molecule has 5 aromatic rings. The maximum atomic E-state index is 14.7. The molecule has 1 atom stereocenters. The fourth-order valence-electron chi connectivity index (χ4n) is 4.50. The summed E-state index contributed by atoms with van der Waals surface area (Å²) in [4.78, 5) is 14.7. The number of hydrogen-bond donors (Lipinski definition) is 0. The summed E-state index contributed by atoms with van der Waals surface area (Å²) in [5, 5.41) is 1.91. The zero-order valence-corrected chi connectivity index (χ0v) is 21.4. The average Bonchev–Trinajstić information content (AvgIpc) is 2.91. The zero-order chi connectivity index (χ0) is 25.1. The minimum absolute atomic E-state index is 0.000905. The molecular formula is C32H21Cl3O. The summed E-state index contributed by atoms with van der Waals surface area (Å²) in [6.07, 6.45) is 0. The van der Waals surface area contributed by atoms with Crippen LogP contribution in [0.4, 0.5) is 0 Å². The van der Waals surface area contributed by atoms with Gasteiger partial charge < -0.3 is 0 Å². The van der Waals surface area contributed by atoms with E-state index in [0.717, 1.165) is 33.4 Å². The lowest BCUT2D eigenvalue weighted by molar-refractivity contribution is 0.0975. The second-order valence-electron chi connectivity index (χ2n) is 8.50. The van der Waals surface area contributed by atoms with Crippen LogP contribution in [-0.4, -0.2) is 5.78 Å². The van der Waals surface area contributed by atoms with Crippen molar-refractivity contribution in [3.8, 4) is 22.3 Å². The van der Waals surface area contributed by atoms with E-state index < -0.39 is 5.92 Å². The Morgan fingerprint density at radius 3 is 1.36 bits per heavy atom. The van der Waals surface area contributed by atoms with Gasteiger partial charge in [-0.15, -0.1) is 0 Å². The molecule has 0 saturated carbocycles. The Labute approximate surface area is 225 Å². The number of carbonyl (C=O) groups is 1. The molecule has 0 saturated heterocycles. The van der Waals surface area contributed by atoms with Gasteiger partial charge in [0.25, 0.3) is 0 Å². The van der Waals surface area contributed by atoms with E-state index in [9.17, 15) is 4.79 Å². The summed E-state index contributed by atoms with van der Waals surface area (Å²) in [5.41, 5.74) is 5.97. The van der Waals surface area contributed by atoms with Crippen LogP contribution in [0.3, 0.4) is 0 Å². The summed E-state index contributed by atoms with van der Waals surface area (Å²) < 4.78 is 0. The molecule has 0 amide bonds. The molecule has 5 rings (SSSR count).